The summed E-state index contributed by atoms with van der Waals surface area (Å²) >= 11 is 5.88. The third kappa shape index (κ3) is 3.30. The second kappa shape index (κ2) is 6.42. The molecule has 2 rings (SSSR count). The number of hydrogen-bond acceptors (Lipinski definition) is 1. The number of rotatable bonds is 4. The number of carbonyl (C=O) groups excluding carboxylic acids is 1. The van der Waals surface area contributed by atoms with Crippen LogP contribution in [0, 0.1) is 13.8 Å². The molecule has 0 N–H and O–H groups in total. The molecule has 0 atom stereocenters. The lowest BCUT2D eigenvalue weighted by molar-refractivity contribution is 0.0694. The van der Waals surface area contributed by atoms with Crippen LogP contribution in [0.3, 0.4) is 0 Å². The summed E-state index contributed by atoms with van der Waals surface area (Å²) in [6, 6.07) is 6.41. The Kier molecular flexibility index (Phi) is 4.87. The van der Waals surface area contributed by atoms with Gasteiger partial charge >= 0.3 is 0 Å². The van der Waals surface area contributed by atoms with Gasteiger partial charge in [0.1, 0.15) is 0 Å². The van der Waals surface area contributed by atoms with Crippen LogP contribution in [0.4, 0.5) is 0 Å². The van der Waals surface area contributed by atoms with Gasteiger partial charge in [-0.15, -0.1) is 11.6 Å². The van der Waals surface area contributed by atoms with E-state index in [0.717, 1.165) is 24.0 Å². The minimum absolute atomic E-state index is 0.144. The number of amides is 1. The zero-order valence-electron chi connectivity index (χ0n) is 11.8. The van der Waals surface area contributed by atoms with Crippen molar-refractivity contribution in [3.05, 3.63) is 34.9 Å². The molecule has 0 saturated heterocycles. The van der Waals surface area contributed by atoms with Crippen molar-refractivity contribution >= 4 is 17.5 Å². The number of alkyl halides is 1. The molecule has 1 amide bonds. The largest absolute Gasteiger partial charge is 0.334 e. The SMILES string of the molecule is Cc1ccc(C(=O)N(CCCl)C2CCCC2)c(C)c1. The van der Waals surface area contributed by atoms with Gasteiger partial charge < -0.3 is 4.90 Å². The second-order valence-electron chi connectivity index (χ2n) is 5.44. The minimum Gasteiger partial charge on any atom is -0.334 e. The summed E-state index contributed by atoms with van der Waals surface area (Å²) in [6.45, 7) is 4.71. The molecule has 0 bridgehead atoms. The third-order valence-corrected chi connectivity index (χ3v) is 4.13. The van der Waals surface area contributed by atoms with Crippen LogP contribution in [0.25, 0.3) is 0 Å². The Bertz CT molecular complexity index is 452. The lowest BCUT2D eigenvalue weighted by atomic mass is 10.0. The Hall–Kier alpha value is -1.02. The van der Waals surface area contributed by atoms with Gasteiger partial charge in [-0.1, -0.05) is 30.5 Å². The van der Waals surface area contributed by atoms with E-state index in [4.69, 9.17) is 11.6 Å². The monoisotopic (exact) mass is 279 g/mol. The standard InChI is InChI=1S/C16H22ClNO/c1-12-7-8-15(13(2)11-12)16(19)18(10-9-17)14-5-3-4-6-14/h7-8,11,14H,3-6,9-10H2,1-2H3. The van der Waals surface area contributed by atoms with Crippen LogP contribution in [0.1, 0.15) is 47.2 Å². The van der Waals surface area contributed by atoms with Gasteiger partial charge in [0.15, 0.2) is 0 Å². The van der Waals surface area contributed by atoms with E-state index >= 15 is 0 Å². The highest BCUT2D eigenvalue weighted by Gasteiger charge is 2.27. The fourth-order valence-corrected chi connectivity index (χ4v) is 3.15. The molecule has 1 aliphatic rings. The second-order valence-corrected chi connectivity index (χ2v) is 5.82. The first-order valence-corrected chi connectivity index (χ1v) is 7.61. The van der Waals surface area contributed by atoms with E-state index in [2.05, 4.69) is 13.0 Å². The predicted molar refractivity (Wildman–Crippen MR) is 79.9 cm³/mol. The van der Waals surface area contributed by atoms with Crippen molar-refractivity contribution < 1.29 is 4.79 Å². The third-order valence-electron chi connectivity index (χ3n) is 3.96. The maximum Gasteiger partial charge on any atom is 0.254 e. The molecule has 0 aliphatic heterocycles. The molecule has 0 radical (unpaired) electrons. The summed E-state index contributed by atoms with van der Waals surface area (Å²) in [5, 5.41) is 0. The molecule has 104 valence electrons. The van der Waals surface area contributed by atoms with Crippen molar-refractivity contribution in [3.8, 4) is 0 Å². The highest BCUT2D eigenvalue weighted by Crippen LogP contribution is 2.25. The van der Waals surface area contributed by atoms with Crippen LogP contribution < -0.4 is 0 Å². The maximum atomic E-state index is 12.7. The number of nitrogens with zero attached hydrogens (tertiary/aromatic N) is 1. The first-order chi connectivity index (χ1) is 9.13. The molecular formula is C16H22ClNO. The zero-order chi connectivity index (χ0) is 13.8. The van der Waals surface area contributed by atoms with Crippen LogP contribution in [0.15, 0.2) is 18.2 Å². The summed E-state index contributed by atoms with van der Waals surface area (Å²) in [7, 11) is 0. The van der Waals surface area contributed by atoms with Gasteiger partial charge in [0.05, 0.1) is 0 Å². The summed E-state index contributed by atoms with van der Waals surface area (Å²) in [6.07, 6.45) is 4.69. The van der Waals surface area contributed by atoms with Crippen LogP contribution in [0.2, 0.25) is 0 Å². The molecule has 1 aromatic carbocycles. The van der Waals surface area contributed by atoms with Gasteiger partial charge in [0, 0.05) is 24.0 Å². The molecule has 19 heavy (non-hydrogen) atoms. The van der Waals surface area contributed by atoms with Crippen LogP contribution in [-0.2, 0) is 0 Å². The molecule has 2 nitrogen and oxygen atoms in total. The number of halogens is 1. The summed E-state index contributed by atoms with van der Waals surface area (Å²) < 4.78 is 0. The van der Waals surface area contributed by atoms with Gasteiger partial charge in [-0.2, -0.15) is 0 Å². The molecule has 1 aliphatic carbocycles. The van der Waals surface area contributed by atoms with E-state index in [1.165, 1.54) is 18.4 Å². The van der Waals surface area contributed by atoms with Crippen molar-refractivity contribution in [1.82, 2.24) is 4.90 Å². The molecule has 0 aromatic heterocycles. The Morgan fingerprint density at radius 2 is 2.00 bits per heavy atom. The molecule has 0 unspecified atom stereocenters. The van der Waals surface area contributed by atoms with Gasteiger partial charge in [-0.05, 0) is 38.3 Å². The number of hydrogen-bond donors (Lipinski definition) is 0. The van der Waals surface area contributed by atoms with E-state index in [1.807, 2.05) is 24.0 Å². The quantitative estimate of drug-likeness (QED) is 0.765. The van der Waals surface area contributed by atoms with Crippen molar-refractivity contribution in [3.63, 3.8) is 0 Å². The Morgan fingerprint density at radius 3 is 2.58 bits per heavy atom. The van der Waals surface area contributed by atoms with Crippen molar-refractivity contribution in [2.45, 2.75) is 45.6 Å². The van der Waals surface area contributed by atoms with E-state index < -0.39 is 0 Å². The van der Waals surface area contributed by atoms with Gasteiger partial charge in [-0.3, -0.25) is 4.79 Å². The molecule has 0 spiro atoms. The van der Waals surface area contributed by atoms with Crippen molar-refractivity contribution in [2.75, 3.05) is 12.4 Å². The molecule has 3 heteroatoms. The number of benzene rings is 1. The molecule has 0 heterocycles. The van der Waals surface area contributed by atoms with E-state index in [1.54, 1.807) is 0 Å². The van der Waals surface area contributed by atoms with Crippen LogP contribution >= 0.6 is 11.6 Å². The normalized spacial score (nSPS) is 15.7. The van der Waals surface area contributed by atoms with Gasteiger partial charge in [0.2, 0.25) is 0 Å². The summed E-state index contributed by atoms with van der Waals surface area (Å²) in [4.78, 5) is 14.7. The fourth-order valence-electron chi connectivity index (χ4n) is 2.97. The smallest absolute Gasteiger partial charge is 0.254 e. The predicted octanol–water partition coefficient (Wildman–Crippen LogP) is 3.93. The Labute approximate surface area is 120 Å². The van der Waals surface area contributed by atoms with Crippen molar-refractivity contribution in [1.29, 1.82) is 0 Å². The summed E-state index contributed by atoms with van der Waals surface area (Å²) in [5.74, 6) is 0.651. The molecule has 1 aromatic rings. The topological polar surface area (TPSA) is 20.3 Å². The minimum atomic E-state index is 0.144. The van der Waals surface area contributed by atoms with E-state index in [0.29, 0.717) is 18.5 Å². The lowest BCUT2D eigenvalue weighted by Gasteiger charge is -2.29. The van der Waals surface area contributed by atoms with Crippen LogP contribution in [0.5, 0.6) is 0 Å². The highest BCUT2D eigenvalue weighted by atomic mass is 35.5. The van der Waals surface area contributed by atoms with Gasteiger partial charge in [0.25, 0.3) is 5.91 Å². The Morgan fingerprint density at radius 1 is 1.32 bits per heavy atom. The number of aryl methyl sites for hydroxylation is 2. The zero-order valence-corrected chi connectivity index (χ0v) is 12.5. The Balaban J connectivity index is 2.22. The first kappa shape index (κ1) is 14.4. The number of carbonyl (C=O) groups is 1. The van der Waals surface area contributed by atoms with Crippen molar-refractivity contribution in [2.24, 2.45) is 0 Å². The fraction of sp³-hybridized carbons (Fsp3) is 0.562. The van der Waals surface area contributed by atoms with E-state index in [9.17, 15) is 4.79 Å². The van der Waals surface area contributed by atoms with Gasteiger partial charge in [-0.25, -0.2) is 0 Å². The average molecular weight is 280 g/mol. The first-order valence-electron chi connectivity index (χ1n) is 7.07. The molecular weight excluding hydrogens is 258 g/mol. The van der Waals surface area contributed by atoms with Crippen LogP contribution in [-0.4, -0.2) is 29.3 Å². The lowest BCUT2D eigenvalue weighted by Crippen LogP contribution is -2.40. The maximum absolute atomic E-state index is 12.7. The summed E-state index contributed by atoms with van der Waals surface area (Å²) in [5.41, 5.74) is 3.07. The molecule has 1 saturated carbocycles. The average Bonchev–Trinajstić information content (AvgIpc) is 2.89. The molecule has 1 fully saturated rings. The van der Waals surface area contributed by atoms with E-state index in [-0.39, 0.29) is 5.91 Å². The highest BCUT2D eigenvalue weighted by molar-refractivity contribution is 6.18.